The number of hydrogen-bond acceptors (Lipinski definition) is 11. The zero-order valence-electron chi connectivity index (χ0n) is 30.6. The van der Waals surface area contributed by atoms with Crippen molar-refractivity contribution in [1.82, 2.24) is 4.31 Å². The van der Waals surface area contributed by atoms with Crippen molar-refractivity contribution in [1.29, 1.82) is 0 Å². The Kier molecular flexibility index (Phi) is 11.3. The number of amides is 3. The molecule has 1 aromatic heterocycles. The number of halogens is 1. The summed E-state index contributed by atoms with van der Waals surface area (Å²) in [5.41, 5.74) is 1.91. The Morgan fingerprint density at radius 2 is 1.74 bits per heavy atom. The van der Waals surface area contributed by atoms with E-state index in [1.165, 1.54) is 74.0 Å². The number of carbonyl (C=O) groups excluding carboxylic acids is 3. The molecule has 3 amide bonds. The number of fused-ring (bicyclic) bond motifs is 2. The number of anilines is 2. The van der Waals surface area contributed by atoms with Gasteiger partial charge in [-0.05, 0) is 91.4 Å². The number of aryl methyl sites for hydroxylation is 1. The van der Waals surface area contributed by atoms with E-state index in [9.17, 15) is 32.7 Å². The molecule has 5 aromatic rings. The van der Waals surface area contributed by atoms with Gasteiger partial charge in [-0.3, -0.25) is 19.2 Å². The monoisotopic (exact) mass is 813 g/mol. The van der Waals surface area contributed by atoms with Gasteiger partial charge in [0.15, 0.2) is 11.2 Å². The summed E-state index contributed by atoms with van der Waals surface area (Å²) in [7, 11) is -2.58. The highest BCUT2D eigenvalue weighted by Gasteiger charge is 2.38. The van der Waals surface area contributed by atoms with E-state index in [2.05, 4.69) is 5.32 Å². The van der Waals surface area contributed by atoms with Crippen LogP contribution >= 0.6 is 11.6 Å². The summed E-state index contributed by atoms with van der Waals surface area (Å²) in [4.78, 5) is 54.9. The first kappa shape index (κ1) is 39.4. The smallest absolute Gasteiger partial charge is 0.290 e. The minimum atomic E-state index is -4.04. The quantitative estimate of drug-likeness (QED) is 0.141. The molecule has 0 saturated heterocycles. The summed E-state index contributed by atoms with van der Waals surface area (Å²) in [6, 6.07) is 21.7. The standard InChI is InChI=1S/C41H36ClN3O11S/c1-24-19-27(8-14-34(24)45-40(49)30-13-7-26(42)22-32(30)41(45)50)43-39(48)36-20-25(33-23-55-35-6-4-3-5-31(35)38(33)47)21-37(56-36)54-18-16-44(15-17-46)57(51,52)29-11-9-28(53-2)10-12-29/h3-14,19-20,22-23,25,37,46H,15-18,21H2,1-2H3,(H,43,48)/t25-,37+/m1/s1. The molecule has 0 radical (unpaired) electrons. The van der Waals surface area contributed by atoms with Gasteiger partial charge in [-0.1, -0.05) is 23.7 Å². The Morgan fingerprint density at radius 3 is 2.47 bits per heavy atom. The van der Waals surface area contributed by atoms with E-state index in [0.29, 0.717) is 38.7 Å². The first-order chi connectivity index (χ1) is 27.4. The minimum absolute atomic E-state index is 0.00689. The summed E-state index contributed by atoms with van der Waals surface area (Å²) >= 11 is 6.07. The molecular weight excluding hydrogens is 778 g/mol. The van der Waals surface area contributed by atoms with E-state index >= 15 is 0 Å². The lowest BCUT2D eigenvalue weighted by Crippen LogP contribution is -2.38. The maximum Gasteiger partial charge on any atom is 0.290 e. The molecule has 2 aliphatic heterocycles. The number of rotatable bonds is 13. The first-order valence-corrected chi connectivity index (χ1v) is 19.6. The molecule has 3 heterocycles. The normalized spacial score (nSPS) is 16.7. The molecule has 2 N–H and O–H groups in total. The van der Waals surface area contributed by atoms with Crippen LogP contribution in [-0.4, -0.2) is 75.3 Å². The number of imide groups is 1. The molecule has 4 aromatic carbocycles. The topological polar surface area (TPSA) is 182 Å². The molecular formula is C41H36ClN3O11S. The van der Waals surface area contributed by atoms with Gasteiger partial charge < -0.3 is 29.1 Å². The lowest BCUT2D eigenvalue weighted by Gasteiger charge is -2.30. The van der Waals surface area contributed by atoms with Crippen LogP contribution in [0.3, 0.4) is 0 Å². The number of para-hydroxylation sites is 1. The van der Waals surface area contributed by atoms with Gasteiger partial charge in [0.05, 0.1) is 53.7 Å². The van der Waals surface area contributed by atoms with Gasteiger partial charge >= 0.3 is 0 Å². The third kappa shape index (κ3) is 7.93. The number of aliphatic hydroxyl groups excluding tert-OH is 1. The lowest BCUT2D eigenvalue weighted by atomic mass is 9.93. The Balaban J connectivity index is 1.11. The molecule has 294 valence electrons. The van der Waals surface area contributed by atoms with E-state index < -0.39 is 46.6 Å². The van der Waals surface area contributed by atoms with Crippen molar-refractivity contribution in [2.45, 2.75) is 30.4 Å². The van der Waals surface area contributed by atoms with Crippen LogP contribution in [0.15, 0.2) is 117 Å². The summed E-state index contributed by atoms with van der Waals surface area (Å²) in [6.07, 6.45) is 1.79. The maximum absolute atomic E-state index is 13.8. The molecule has 0 bridgehead atoms. The maximum atomic E-state index is 13.8. The van der Waals surface area contributed by atoms with Crippen molar-refractivity contribution < 1.29 is 46.5 Å². The molecule has 0 unspecified atom stereocenters. The van der Waals surface area contributed by atoms with Crippen LogP contribution in [-0.2, 0) is 24.3 Å². The number of ether oxygens (including phenoxy) is 3. The largest absolute Gasteiger partial charge is 0.497 e. The fourth-order valence-electron chi connectivity index (χ4n) is 6.74. The van der Waals surface area contributed by atoms with Gasteiger partial charge in [0.25, 0.3) is 17.7 Å². The molecule has 0 fully saturated rings. The Morgan fingerprint density at radius 1 is 0.982 bits per heavy atom. The number of carbonyl (C=O) groups is 3. The van der Waals surface area contributed by atoms with E-state index in [-0.39, 0.29) is 58.9 Å². The molecule has 14 nitrogen and oxygen atoms in total. The predicted octanol–water partition coefficient (Wildman–Crippen LogP) is 5.62. The van der Waals surface area contributed by atoms with Gasteiger partial charge in [-0.25, -0.2) is 13.3 Å². The Bertz CT molecular complexity index is 2590. The molecule has 0 aliphatic carbocycles. The van der Waals surface area contributed by atoms with Crippen LogP contribution in [0, 0.1) is 6.92 Å². The van der Waals surface area contributed by atoms with Crippen LogP contribution in [0.5, 0.6) is 5.75 Å². The molecule has 7 rings (SSSR count). The molecule has 2 aliphatic rings. The van der Waals surface area contributed by atoms with Gasteiger partial charge in [-0.2, -0.15) is 4.31 Å². The van der Waals surface area contributed by atoms with E-state index in [4.69, 9.17) is 30.2 Å². The second-order valence-corrected chi connectivity index (χ2v) is 15.6. The summed E-state index contributed by atoms with van der Waals surface area (Å²) < 4.78 is 50.9. The highest BCUT2D eigenvalue weighted by molar-refractivity contribution is 7.89. The van der Waals surface area contributed by atoms with Crippen molar-refractivity contribution >= 4 is 61.7 Å². The second kappa shape index (κ2) is 16.3. The zero-order valence-corrected chi connectivity index (χ0v) is 32.2. The van der Waals surface area contributed by atoms with Gasteiger partial charge in [-0.15, -0.1) is 0 Å². The first-order valence-electron chi connectivity index (χ1n) is 17.8. The molecule has 2 atom stereocenters. The SMILES string of the molecule is COc1ccc(S(=O)(=O)N(CCO)CCO[C@@H]2C[C@H](c3coc4ccccc4c3=O)C=C(C(=O)Nc3ccc(N4C(=O)c5ccc(Cl)cc5C4=O)c(C)c3)O2)cc1. The zero-order chi connectivity index (χ0) is 40.4. The summed E-state index contributed by atoms with van der Waals surface area (Å²) in [5, 5.41) is 13.1. The minimum Gasteiger partial charge on any atom is -0.497 e. The van der Waals surface area contributed by atoms with Gasteiger partial charge in [0.1, 0.15) is 11.3 Å². The number of sulfonamides is 1. The third-order valence-electron chi connectivity index (χ3n) is 9.62. The van der Waals surface area contributed by atoms with Crippen molar-refractivity contribution in [2.75, 3.05) is 43.6 Å². The Labute approximate surface area is 331 Å². The fraction of sp³-hybridized carbons (Fsp3) is 0.220. The van der Waals surface area contributed by atoms with Crippen molar-refractivity contribution in [3.63, 3.8) is 0 Å². The highest BCUT2D eigenvalue weighted by Crippen LogP contribution is 2.35. The number of aliphatic hydroxyl groups is 1. The van der Waals surface area contributed by atoms with E-state index in [0.717, 1.165) is 9.21 Å². The molecule has 0 saturated carbocycles. The van der Waals surface area contributed by atoms with Crippen molar-refractivity contribution in [2.24, 2.45) is 0 Å². The summed E-state index contributed by atoms with van der Waals surface area (Å²) in [6.45, 7) is 0.659. The molecule has 57 heavy (non-hydrogen) atoms. The Hall–Kier alpha value is -5.84. The van der Waals surface area contributed by atoms with Crippen LogP contribution in [0.25, 0.3) is 11.0 Å². The highest BCUT2D eigenvalue weighted by atomic mass is 35.5. The number of hydrogen-bond donors (Lipinski definition) is 2. The van der Waals surface area contributed by atoms with Crippen molar-refractivity contribution in [3.8, 4) is 5.75 Å². The molecule has 16 heteroatoms. The fourth-order valence-corrected chi connectivity index (χ4v) is 8.33. The van der Waals surface area contributed by atoms with Crippen LogP contribution in [0.2, 0.25) is 5.02 Å². The number of nitrogens with one attached hydrogen (secondary N) is 1. The number of nitrogens with zero attached hydrogens (tertiary/aromatic N) is 2. The molecule has 0 spiro atoms. The van der Waals surface area contributed by atoms with Crippen LogP contribution < -0.4 is 20.4 Å². The van der Waals surface area contributed by atoms with Crippen LogP contribution in [0.4, 0.5) is 11.4 Å². The van der Waals surface area contributed by atoms with Gasteiger partial charge in [0, 0.05) is 41.7 Å². The summed E-state index contributed by atoms with van der Waals surface area (Å²) in [5.74, 6) is -2.13. The predicted molar refractivity (Wildman–Crippen MR) is 210 cm³/mol. The van der Waals surface area contributed by atoms with Gasteiger partial charge in [0.2, 0.25) is 16.3 Å². The second-order valence-electron chi connectivity index (χ2n) is 13.2. The number of benzene rings is 4. The van der Waals surface area contributed by atoms with Crippen molar-refractivity contribution in [3.05, 3.63) is 141 Å². The number of methoxy groups -OCH3 is 1. The third-order valence-corrected chi connectivity index (χ3v) is 11.8. The average Bonchev–Trinajstić information content (AvgIpc) is 3.45. The van der Waals surface area contributed by atoms with Crippen LogP contribution in [0.1, 0.15) is 44.2 Å². The number of allylic oxidation sites excluding steroid dienone is 1. The average molecular weight is 814 g/mol. The van der Waals surface area contributed by atoms with E-state index in [1.807, 2.05) is 0 Å². The van der Waals surface area contributed by atoms with E-state index in [1.54, 1.807) is 37.3 Å². The lowest BCUT2D eigenvalue weighted by molar-refractivity contribution is -0.143.